The van der Waals surface area contributed by atoms with Crippen LogP contribution in [0.1, 0.15) is 0 Å². The minimum Gasteiger partial charge on any atom is -0.246 e. The molecule has 3 nitrogen and oxygen atoms in total. The van der Waals surface area contributed by atoms with E-state index < -0.39 is 15.7 Å². The molecule has 0 N–H and O–H groups in total. The first-order valence-electron chi connectivity index (χ1n) is 4.63. The zero-order valence-corrected chi connectivity index (χ0v) is 10.9. The van der Waals surface area contributed by atoms with Crippen LogP contribution in [-0.4, -0.2) is 13.4 Å². The fourth-order valence-corrected chi connectivity index (χ4v) is 3.16. The summed E-state index contributed by atoms with van der Waals surface area (Å²) in [6, 6.07) is 8.85. The van der Waals surface area contributed by atoms with Crippen LogP contribution in [0.15, 0.2) is 57.0 Å². The molecule has 2 aromatic rings. The van der Waals surface area contributed by atoms with Gasteiger partial charge in [0.2, 0.25) is 9.84 Å². The molecular formula is C11H7BrFNO2S. The largest absolute Gasteiger partial charge is 0.246 e. The van der Waals surface area contributed by atoms with Gasteiger partial charge in [-0.3, -0.25) is 0 Å². The fraction of sp³-hybridized carbons (Fsp3) is 0. The molecule has 0 aliphatic rings. The van der Waals surface area contributed by atoms with E-state index in [1.165, 1.54) is 12.1 Å². The molecule has 0 atom stereocenters. The molecule has 6 heteroatoms. The maximum absolute atomic E-state index is 13.5. The highest BCUT2D eigenvalue weighted by molar-refractivity contribution is 9.10. The van der Waals surface area contributed by atoms with E-state index in [0.29, 0.717) is 0 Å². The first-order valence-corrected chi connectivity index (χ1v) is 6.90. The number of hydrogen-bond acceptors (Lipinski definition) is 3. The van der Waals surface area contributed by atoms with Crippen LogP contribution in [0.25, 0.3) is 0 Å². The predicted octanol–water partition coefficient (Wildman–Crippen LogP) is 2.82. The van der Waals surface area contributed by atoms with Crippen molar-refractivity contribution in [2.45, 2.75) is 9.79 Å². The lowest BCUT2D eigenvalue weighted by Crippen LogP contribution is -2.05. The van der Waals surface area contributed by atoms with Crippen molar-refractivity contribution < 1.29 is 12.8 Å². The second-order valence-corrected chi connectivity index (χ2v) is 5.98. The van der Waals surface area contributed by atoms with E-state index in [2.05, 4.69) is 20.9 Å². The lowest BCUT2D eigenvalue weighted by atomic mass is 10.4. The van der Waals surface area contributed by atoms with Crippen LogP contribution >= 0.6 is 15.9 Å². The molecule has 0 amide bonds. The molecule has 0 saturated carbocycles. The smallest absolute Gasteiger partial charge is 0.209 e. The van der Waals surface area contributed by atoms with Gasteiger partial charge in [-0.2, -0.15) is 0 Å². The van der Waals surface area contributed by atoms with Gasteiger partial charge >= 0.3 is 0 Å². The number of pyridine rings is 1. The van der Waals surface area contributed by atoms with Gasteiger partial charge in [-0.1, -0.05) is 18.2 Å². The molecule has 1 heterocycles. The molecule has 0 spiro atoms. The summed E-state index contributed by atoms with van der Waals surface area (Å²) >= 11 is 3.02. The molecular weight excluding hydrogens is 309 g/mol. The normalized spacial score (nSPS) is 11.4. The van der Waals surface area contributed by atoms with E-state index in [4.69, 9.17) is 0 Å². The molecule has 88 valence electrons. The number of rotatable bonds is 2. The van der Waals surface area contributed by atoms with E-state index in [1.807, 2.05) is 0 Å². The molecule has 0 radical (unpaired) electrons. The Kier molecular flexibility index (Phi) is 3.26. The lowest BCUT2D eigenvalue weighted by Gasteiger charge is -2.05. The highest BCUT2D eigenvalue weighted by atomic mass is 79.9. The summed E-state index contributed by atoms with van der Waals surface area (Å²) in [5.41, 5.74) is 0. The zero-order chi connectivity index (χ0) is 12.5. The van der Waals surface area contributed by atoms with Crippen LogP contribution in [0.2, 0.25) is 0 Å². The van der Waals surface area contributed by atoms with Crippen molar-refractivity contribution in [1.29, 1.82) is 0 Å². The quantitative estimate of drug-likeness (QED) is 0.801. The first-order chi connectivity index (χ1) is 8.01. The van der Waals surface area contributed by atoms with Gasteiger partial charge < -0.3 is 0 Å². The summed E-state index contributed by atoms with van der Waals surface area (Å²) in [6.07, 6.45) is 0.875. The monoisotopic (exact) mass is 315 g/mol. The molecule has 0 fully saturated rings. The van der Waals surface area contributed by atoms with Gasteiger partial charge in [-0.05, 0) is 34.1 Å². The molecule has 0 unspecified atom stereocenters. The van der Waals surface area contributed by atoms with Crippen molar-refractivity contribution in [1.82, 2.24) is 4.98 Å². The minimum absolute atomic E-state index is 0.0528. The number of hydrogen-bond donors (Lipinski definition) is 0. The van der Waals surface area contributed by atoms with Gasteiger partial charge in [-0.15, -0.1) is 0 Å². The Morgan fingerprint density at radius 1 is 1.18 bits per heavy atom. The second-order valence-electron chi connectivity index (χ2n) is 3.25. The van der Waals surface area contributed by atoms with E-state index in [9.17, 15) is 12.8 Å². The summed E-state index contributed by atoms with van der Waals surface area (Å²) in [6.45, 7) is 0. The third-order valence-corrected chi connectivity index (χ3v) is 4.35. The van der Waals surface area contributed by atoms with Crippen molar-refractivity contribution in [3.8, 4) is 0 Å². The minimum atomic E-state index is -3.84. The van der Waals surface area contributed by atoms with Crippen LogP contribution in [-0.2, 0) is 9.84 Å². The maximum Gasteiger partial charge on any atom is 0.209 e. The standard InChI is InChI=1S/C11H7BrFNO2S/c12-11-6-10(9(13)7-14-11)17(15,16)8-4-2-1-3-5-8/h1-7H. The molecule has 0 bridgehead atoms. The van der Waals surface area contributed by atoms with Crippen molar-refractivity contribution in [3.63, 3.8) is 0 Å². The third-order valence-electron chi connectivity index (χ3n) is 2.13. The molecule has 1 aromatic carbocycles. The number of sulfone groups is 1. The van der Waals surface area contributed by atoms with Crippen LogP contribution in [0, 0.1) is 5.82 Å². The van der Waals surface area contributed by atoms with Gasteiger partial charge in [0, 0.05) is 0 Å². The average molecular weight is 316 g/mol. The lowest BCUT2D eigenvalue weighted by molar-refractivity contribution is 0.562. The number of nitrogens with zero attached hydrogens (tertiary/aromatic N) is 1. The SMILES string of the molecule is O=S(=O)(c1ccccc1)c1cc(Br)ncc1F. The summed E-state index contributed by atoms with van der Waals surface area (Å²) < 4.78 is 38.0. The Morgan fingerprint density at radius 2 is 1.82 bits per heavy atom. The Bertz CT molecular complexity index is 644. The second kappa shape index (κ2) is 4.54. The van der Waals surface area contributed by atoms with Gasteiger partial charge in [0.05, 0.1) is 11.1 Å². The summed E-state index contributed by atoms with van der Waals surface area (Å²) in [7, 11) is -3.84. The summed E-state index contributed by atoms with van der Waals surface area (Å²) in [4.78, 5) is 3.29. The third kappa shape index (κ3) is 2.37. The number of halogens is 2. The van der Waals surface area contributed by atoms with Gasteiger partial charge in [-0.25, -0.2) is 17.8 Å². The molecule has 0 saturated heterocycles. The van der Waals surface area contributed by atoms with E-state index in [1.54, 1.807) is 18.2 Å². The van der Waals surface area contributed by atoms with Gasteiger partial charge in [0.25, 0.3) is 0 Å². The average Bonchev–Trinajstić information content (AvgIpc) is 2.33. The zero-order valence-electron chi connectivity index (χ0n) is 8.47. The topological polar surface area (TPSA) is 47.0 Å². The van der Waals surface area contributed by atoms with Crippen LogP contribution in [0.3, 0.4) is 0 Å². The van der Waals surface area contributed by atoms with Crippen molar-refractivity contribution in [2.75, 3.05) is 0 Å². The number of benzene rings is 1. The molecule has 2 rings (SSSR count). The van der Waals surface area contributed by atoms with Crippen molar-refractivity contribution in [2.24, 2.45) is 0 Å². The summed E-state index contributed by atoms with van der Waals surface area (Å²) in [5, 5.41) is 0. The number of aromatic nitrogens is 1. The highest BCUT2D eigenvalue weighted by Crippen LogP contribution is 2.24. The predicted molar refractivity (Wildman–Crippen MR) is 63.8 cm³/mol. The first kappa shape index (κ1) is 12.2. The summed E-state index contributed by atoms with van der Waals surface area (Å²) in [5.74, 6) is -0.864. The Labute approximate surface area is 106 Å². The fourth-order valence-electron chi connectivity index (χ4n) is 1.33. The highest BCUT2D eigenvalue weighted by Gasteiger charge is 2.22. The van der Waals surface area contributed by atoms with Crippen molar-refractivity contribution in [3.05, 3.63) is 53.0 Å². The molecule has 1 aromatic heterocycles. The molecule has 17 heavy (non-hydrogen) atoms. The molecule has 0 aliphatic heterocycles. The van der Waals surface area contributed by atoms with Crippen molar-refractivity contribution >= 4 is 25.8 Å². The van der Waals surface area contributed by atoms with Crippen LogP contribution in [0.5, 0.6) is 0 Å². The van der Waals surface area contributed by atoms with E-state index in [0.717, 1.165) is 12.3 Å². The Morgan fingerprint density at radius 3 is 2.47 bits per heavy atom. The van der Waals surface area contributed by atoms with Gasteiger partial charge in [0.15, 0.2) is 5.82 Å². The molecule has 0 aliphatic carbocycles. The van der Waals surface area contributed by atoms with Crippen LogP contribution < -0.4 is 0 Å². The van der Waals surface area contributed by atoms with E-state index in [-0.39, 0.29) is 14.4 Å². The maximum atomic E-state index is 13.5. The van der Waals surface area contributed by atoms with Crippen LogP contribution in [0.4, 0.5) is 4.39 Å². The van der Waals surface area contributed by atoms with E-state index >= 15 is 0 Å². The Balaban J connectivity index is 2.64. The Hall–Kier alpha value is -1.27. The van der Waals surface area contributed by atoms with Gasteiger partial charge in [0.1, 0.15) is 9.50 Å².